The minimum atomic E-state index is -0.187. The molecule has 116 valence electrons. The van der Waals surface area contributed by atoms with Gasteiger partial charge < -0.3 is 10.0 Å². The summed E-state index contributed by atoms with van der Waals surface area (Å²) in [6.45, 7) is 3.50. The number of benzene rings is 1. The number of anilines is 1. The van der Waals surface area contributed by atoms with Crippen LogP contribution in [0.2, 0.25) is 0 Å². The van der Waals surface area contributed by atoms with Gasteiger partial charge >= 0.3 is 0 Å². The van der Waals surface area contributed by atoms with Crippen molar-refractivity contribution < 1.29 is 9.50 Å². The van der Waals surface area contributed by atoms with Crippen molar-refractivity contribution in [3.05, 3.63) is 30.1 Å². The van der Waals surface area contributed by atoms with Gasteiger partial charge in [-0.25, -0.2) is 4.39 Å². The SMILES string of the molecule is OC1CCCCCC1N1CCN(c2ccccc2F)CC1. The van der Waals surface area contributed by atoms with Crippen LogP contribution in [0.1, 0.15) is 32.1 Å². The average molecular weight is 292 g/mol. The molecule has 2 unspecified atom stereocenters. The van der Waals surface area contributed by atoms with E-state index in [-0.39, 0.29) is 11.9 Å². The topological polar surface area (TPSA) is 26.7 Å². The van der Waals surface area contributed by atoms with Crippen molar-refractivity contribution in [1.82, 2.24) is 4.90 Å². The Morgan fingerprint density at radius 2 is 1.67 bits per heavy atom. The summed E-state index contributed by atoms with van der Waals surface area (Å²) in [5.41, 5.74) is 0.707. The van der Waals surface area contributed by atoms with Crippen LogP contribution in [0, 0.1) is 5.82 Å². The Labute approximate surface area is 126 Å². The second kappa shape index (κ2) is 6.75. The van der Waals surface area contributed by atoms with Crippen molar-refractivity contribution in [2.24, 2.45) is 0 Å². The molecular weight excluding hydrogens is 267 g/mol. The first-order valence-electron chi connectivity index (χ1n) is 8.17. The predicted octanol–water partition coefficient (Wildman–Crippen LogP) is 2.64. The largest absolute Gasteiger partial charge is 0.391 e. The van der Waals surface area contributed by atoms with E-state index in [1.807, 2.05) is 12.1 Å². The lowest BCUT2D eigenvalue weighted by Crippen LogP contribution is -2.53. The molecule has 3 nitrogen and oxygen atoms in total. The lowest BCUT2D eigenvalue weighted by molar-refractivity contribution is 0.0409. The Morgan fingerprint density at radius 1 is 0.952 bits per heavy atom. The third-order valence-electron chi connectivity index (χ3n) is 4.92. The van der Waals surface area contributed by atoms with Crippen molar-refractivity contribution in [3.8, 4) is 0 Å². The van der Waals surface area contributed by atoms with Gasteiger partial charge in [-0.2, -0.15) is 0 Å². The number of piperazine rings is 1. The van der Waals surface area contributed by atoms with Crippen molar-refractivity contribution in [2.45, 2.75) is 44.2 Å². The minimum absolute atomic E-state index is 0.138. The van der Waals surface area contributed by atoms with E-state index in [1.54, 1.807) is 6.07 Å². The molecule has 4 heteroatoms. The molecule has 1 aromatic rings. The third-order valence-corrected chi connectivity index (χ3v) is 4.92. The number of para-hydroxylation sites is 1. The van der Waals surface area contributed by atoms with Gasteiger partial charge in [-0.05, 0) is 25.0 Å². The Hall–Kier alpha value is -1.13. The fourth-order valence-electron chi connectivity index (χ4n) is 3.70. The van der Waals surface area contributed by atoms with Gasteiger partial charge in [-0.15, -0.1) is 0 Å². The number of rotatable bonds is 2. The van der Waals surface area contributed by atoms with Crippen LogP contribution in [0.4, 0.5) is 10.1 Å². The van der Waals surface area contributed by atoms with E-state index in [2.05, 4.69) is 9.80 Å². The summed E-state index contributed by atoms with van der Waals surface area (Å²) in [6, 6.07) is 7.30. The van der Waals surface area contributed by atoms with Crippen LogP contribution in [0.3, 0.4) is 0 Å². The van der Waals surface area contributed by atoms with Crippen molar-refractivity contribution in [3.63, 3.8) is 0 Å². The molecule has 0 bridgehead atoms. The smallest absolute Gasteiger partial charge is 0.146 e. The van der Waals surface area contributed by atoms with Crippen LogP contribution in [0.25, 0.3) is 0 Å². The first kappa shape index (κ1) is 14.8. The van der Waals surface area contributed by atoms with E-state index in [9.17, 15) is 9.50 Å². The van der Waals surface area contributed by atoms with Crippen molar-refractivity contribution >= 4 is 5.69 Å². The molecule has 21 heavy (non-hydrogen) atoms. The molecule has 2 aliphatic rings. The first-order chi connectivity index (χ1) is 10.3. The maximum Gasteiger partial charge on any atom is 0.146 e. The Kier molecular flexibility index (Phi) is 4.76. The summed E-state index contributed by atoms with van der Waals surface area (Å²) in [6.07, 6.45) is 5.44. The normalized spacial score (nSPS) is 28.4. The number of aliphatic hydroxyl groups is 1. The van der Waals surface area contributed by atoms with Crippen LogP contribution in [-0.4, -0.2) is 48.3 Å². The monoisotopic (exact) mass is 292 g/mol. The highest BCUT2D eigenvalue weighted by atomic mass is 19.1. The third kappa shape index (κ3) is 3.38. The first-order valence-corrected chi connectivity index (χ1v) is 8.17. The van der Waals surface area contributed by atoms with Crippen LogP contribution in [-0.2, 0) is 0 Å². The molecule has 0 radical (unpaired) electrons. The molecule has 1 aliphatic carbocycles. The summed E-state index contributed by atoms with van der Waals surface area (Å²) >= 11 is 0. The average Bonchev–Trinajstić information content (AvgIpc) is 2.73. The van der Waals surface area contributed by atoms with E-state index in [0.29, 0.717) is 11.7 Å². The number of hydrogen-bond donors (Lipinski definition) is 1. The second-order valence-corrected chi connectivity index (χ2v) is 6.25. The standard InChI is InChI=1S/C17H25FN2O/c18-14-6-4-5-7-15(14)19-10-12-20(13-11-19)16-8-2-1-3-9-17(16)21/h4-7,16-17,21H,1-3,8-13H2. The van der Waals surface area contributed by atoms with E-state index < -0.39 is 0 Å². The molecule has 3 rings (SSSR count). The fourth-order valence-corrected chi connectivity index (χ4v) is 3.70. The summed E-state index contributed by atoms with van der Waals surface area (Å²) in [5, 5.41) is 10.3. The molecule has 1 aliphatic heterocycles. The highest BCUT2D eigenvalue weighted by Crippen LogP contribution is 2.25. The van der Waals surface area contributed by atoms with Gasteiger partial charge in [0.05, 0.1) is 11.8 Å². The Morgan fingerprint density at radius 3 is 2.43 bits per heavy atom. The molecule has 1 aromatic carbocycles. The Bertz CT molecular complexity index is 460. The molecule has 1 saturated carbocycles. The van der Waals surface area contributed by atoms with Gasteiger partial charge in [-0.1, -0.05) is 31.4 Å². The van der Waals surface area contributed by atoms with Gasteiger partial charge in [0.15, 0.2) is 0 Å². The lowest BCUT2D eigenvalue weighted by atomic mass is 10.0. The van der Waals surface area contributed by atoms with Crippen LogP contribution in [0.5, 0.6) is 0 Å². The van der Waals surface area contributed by atoms with Crippen LogP contribution < -0.4 is 4.90 Å². The van der Waals surface area contributed by atoms with Crippen molar-refractivity contribution in [2.75, 3.05) is 31.1 Å². The van der Waals surface area contributed by atoms with E-state index in [1.165, 1.54) is 18.9 Å². The van der Waals surface area contributed by atoms with Crippen molar-refractivity contribution in [1.29, 1.82) is 0 Å². The zero-order valence-electron chi connectivity index (χ0n) is 12.5. The molecule has 1 N–H and O–H groups in total. The molecule has 0 amide bonds. The summed E-state index contributed by atoms with van der Waals surface area (Å²) in [7, 11) is 0. The molecule has 2 atom stereocenters. The number of nitrogens with zero attached hydrogens (tertiary/aromatic N) is 2. The molecular formula is C17H25FN2O. The minimum Gasteiger partial charge on any atom is -0.391 e. The van der Waals surface area contributed by atoms with Gasteiger partial charge in [0.2, 0.25) is 0 Å². The predicted molar refractivity (Wildman–Crippen MR) is 83.1 cm³/mol. The van der Waals surface area contributed by atoms with Gasteiger partial charge in [0.25, 0.3) is 0 Å². The number of aliphatic hydroxyl groups excluding tert-OH is 1. The summed E-state index contributed by atoms with van der Waals surface area (Å²) < 4.78 is 13.8. The summed E-state index contributed by atoms with van der Waals surface area (Å²) in [5.74, 6) is -0.138. The zero-order valence-corrected chi connectivity index (χ0v) is 12.5. The van der Waals surface area contributed by atoms with Crippen LogP contribution >= 0.6 is 0 Å². The molecule has 0 aromatic heterocycles. The van der Waals surface area contributed by atoms with E-state index in [0.717, 1.165) is 45.4 Å². The summed E-state index contributed by atoms with van der Waals surface area (Å²) in [4.78, 5) is 4.53. The number of halogens is 1. The quantitative estimate of drug-likeness (QED) is 0.849. The highest BCUT2D eigenvalue weighted by molar-refractivity contribution is 5.48. The van der Waals surface area contributed by atoms with E-state index >= 15 is 0 Å². The molecule has 1 saturated heterocycles. The van der Waals surface area contributed by atoms with Gasteiger partial charge in [0, 0.05) is 32.2 Å². The lowest BCUT2D eigenvalue weighted by Gasteiger charge is -2.41. The van der Waals surface area contributed by atoms with Gasteiger partial charge in [-0.3, -0.25) is 4.90 Å². The second-order valence-electron chi connectivity index (χ2n) is 6.25. The number of hydrogen-bond acceptors (Lipinski definition) is 3. The zero-order chi connectivity index (χ0) is 14.7. The maximum atomic E-state index is 13.8. The fraction of sp³-hybridized carbons (Fsp3) is 0.647. The maximum absolute atomic E-state index is 13.8. The Balaban J connectivity index is 1.61. The molecule has 2 fully saturated rings. The molecule has 0 spiro atoms. The van der Waals surface area contributed by atoms with Gasteiger partial charge in [0.1, 0.15) is 5.82 Å². The molecule has 1 heterocycles. The van der Waals surface area contributed by atoms with Crippen LogP contribution in [0.15, 0.2) is 24.3 Å². The van der Waals surface area contributed by atoms with E-state index in [4.69, 9.17) is 0 Å². The highest BCUT2D eigenvalue weighted by Gasteiger charge is 2.30.